The van der Waals surface area contributed by atoms with Crippen LogP contribution < -0.4 is 4.90 Å². The van der Waals surface area contributed by atoms with Gasteiger partial charge in [-0.15, -0.1) is 0 Å². The molecule has 0 bridgehead atoms. The summed E-state index contributed by atoms with van der Waals surface area (Å²) in [5.74, 6) is -0.882. The minimum Gasteiger partial charge on any atom is -0.465 e. The fourth-order valence-electron chi connectivity index (χ4n) is 3.53. The van der Waals surface area contributed by atoms with E-state index in [1.807, 2.05) is 0 Å². The molecule has 4 nitrogen and oxygen atoms in total. The Labute approximate surface area is 162 Å². The van der Waals surface area contributed by atoms with E-state index in [0.717, 1.165) is 26.1 Å². The summed E-state index contributed by atoms with van der Waals surface area (Å²) < 4.78 is 27.4. The van der Waals surface area contributed by atoms with E-state index in [9.17, 15) is 18.7 Å². The number of benzene rings is 2. The quantitative estimate of drug-likeness (QED) is 0.766. The third-order valence-corrected chi connectivity index (χ3v) is 5.26. The lowest BCUT2D eigenvalue weighted by molar-refractivity contribution is 0.200. The second kappa shape index (κ2) is 8.23. The normalized spacial score (nSPS) is 17.3. The monoisotopic (exact) mass is 394 g/mol. The second-order valence-corrected chi connectivity index (χ2v) is 7.14. The summed E-state index contributed by atoms with van der Waals surface area (Å²) in [5, 5.41) is 9.68. The van der Waals surface area contributed by atoms with Crippen molar-refractivity contribution in [1.29, 1.82) is 0 Å². The number of halogens is 3. The van der Waals surface area contributed by atoms with Crippen LogP contribution in [0.5, 0.6) is 0 Å². The van der Waals surface area contributed by atoms with E-state index in [1.54, 1.807) is 0 Å². The minimum atomic E-state index is -1.11. The molecule has 2 aromatic carbocycles. The topological polar surface area (TPSA) is 43.8 Å². The Morgan fingerprint density at radius 3 is 2.70 bits per heavy atom. The molecule has 0 spiro atoms. The molecule has 0 radical (unpaired) electrons. The van der Waals surface area contributed by atoms with Crippen molar-refractivity contribution in [2.45, 2.75) is 13.3 Å². The lowest BCUT2D eigenvalue weighted by Gasteiger charge is -2.25. The molecule has 1 amide bonds. The van der Waals surface area contributed by atoms with Crippen molar-refractivity contribution in [3.8, 4) is 11.1 Å². The van der Waals surface area contributed by atoms with Gasteiger partial charge < -0.3 is 10.0 Å². The van der Waals surface area contributed by atoms with Gasteiger partial charge in [-0.25, -0.2) is 13.6 Å². The van der Waals surface area contributed by atoms with E-state index in [4.69, 9.17) is 11.6 Å². The Morgan fingerprint density at radius 1 is 1.30 bits per heavy atom. The van der Waals surface area contributed by atoms with Crippen LogP contribution in [0.3, 0.4) is 0 Å². The maximum Gasteiger partial charge on any atom is 0.411 e. The van der Waals surface area contributed by atoms with Crippen molar-refractivity contribution < 1.29 is 18.7 Å². The third kappa shape index (κ3) is 4.39. The molecule has 1 atom stereocenters. The molecule has 1 N–H and O–H groups in total. The summed E-state index contributed by atoms with van der Waals surface area (Å²) in [6.07, 6.45) is -0.192. The number of anilines is 1. The number of hydrogen-bond donors (Lipinski definition) is 1. The molecule has 1 saturated heterocycles. The fraction of sp³-hybridized carbons (Fsp3) is 0.350. The van der Waals surface area contributed by atoms with E-state index >= 15 is 0 Å². The van der Waals surface area contributed by atoms with E-state index in [0.29, 0.717) is 23.4 Å². The highest BCUT2D eigenvalue weighted by Gasteiger charge is 2.27. The van der Waals surface area contributed by atoms with E-state index in [-0.39, 0.29) is 10.9 Å². The summed E-state index contributed by atoms with van der Waals surface area (Å²) in [6.45, 7) is 5.10. The van der Waals surface area contributed by atoms with Crippen molar-refractivity contribution in [2.24, 2.45) is 5.92 Å². The van der Waals surface area contributed by atoms with Gasteiger partial charge in [-0.3, -0.25) is 4.90 Å². The number of likely N-dealkylation sites (tertiary alicyclic amines) is 1. The molecule has 0 unspecified atom stereocenters. The molecule has 0 saturated carbocycles. The Bertz CT molecular complexity index is 847. The maximum atomic E-state index is 13.9. The Balaban J connectivity index is 1.97. The van der Waals surface area contributed by atoms with Crippen LogP contribution in [0.15, 0.2) is 36.4 Å². The molecule has 2 aromatic rings. The lowest BCUT2D eigenvalue weighted by Crippen LogP contribution is -2.35. The largest absolute Gasteiger partial charge is 0.465 e. The first-order chi connectivity index (χ1) is 12.9. The summed E-state index contributed by atoms with van der Waals surface area (Å²) in [5.41, 5.74) is 1.19. The average Bonchev–Trinajstić information content (AvgIpc) is 3.10. The first-order valence-electron chi connectivity index (χ1n) is 8.86. The van der Waals surface area contributed by atoms with Crippen molar-refractivity contribution in [3.05, 3.63) is 53.1 Å². The zero-order valence-corrected chi connectivity index (χ0v) is 15.7. The standard InChI is InChI=1S/C20H21ClF2N2O2/c1-2-24-8-7-13(11-24)12-25(20(26)27)19-6-4-15(22)10-16(19)14-3-5-18(23)17(21)9-14/h3-6,9-10,13H,2,7-8,11-12H2,1H3,(H,26,27)/t13-/m1/s1. The van der Waals surface area contributed by atoms with Crippen LogP contribution >= 0.6 is 11.6 Å². The zero-order chi connectivity index (χ0) is 19.6. The highest BCUT2D eigenvalue weighted by atomic mass is 35.5. The van der Waals surface area contributed by atoms with E-state index in [1.165, 1.54) is 41.3 Å². The van der Waals surface area contributed by atoms with Crippen LogP contribution in [-0.4, -0.2) is 42.3 Å². The Kier molecular flexibility index (Phi) is 5.97. The lowest BCUT2D eigenvalue weighted by atomic mass is 10.0. The van der Waals surface area contributed by atoms with Crippen molar-refractivity contribution in [1.82, 2.24) is 4.90 Å². The molecule has 3 rings (SSSR count). The van der Waals surface area contributed by atoms with E-state index in [2.05, 4.69) is 11.8 Å². The predicted molar refractivity (Wildman–Crippen MR) is 102 cm³/mol. The molecule has 1 heterocycles. The molecular weight excluding hydrogens is 374 g/mol. The summed E-state index contributed by atoms with van der Waals surface area (Å²) >= 11 is 5.86. The third-order valence-electron chi connectivity index (χ3n) is 4.97. The van der Waals surface area contributed by atoms with Gasteiger partial charge in [0.25, 0.3) is 0 Å². The van der Waals surface area contributed by atoms with Gasteiger partial charge in [0.05, 0.1) is 10.7 Å². The molecule has 27 heavy (non-hydrogen) atoms. The van der Waals surface area contributed by atoms with E-state index < -0.39 is 17.7 Å². The zero-order valence-electron chi connectivity index (χ0n) is 15.0. The highest BCUT2D eigenvalue weighted by molar-refractivity contribution is 6.31. The van der Waals surface area contributed by atoms with Gasteiger partial charge in [-0.2, -0.15) is 0 Å². The molecule has 0 aliphatic carbocycles. The predicted octanol–water partition coefficient (Wildman–Crippen LogP) is 5.11. The van der Waals surface area contributed by atoms with Crippen LogP contribution in [0, 0.1) is 17.6 Å². The number of carboxylic acid groups (broad SMARTS) is 1. The Morgan fingerprint density at radius 2 is 2.07 bits per heavy atom. The molecule has 1 aliphatic rings. The number of amides is 1. The van der Waals surface area contributed by atoms with Gasteiger partial charge >= 0.3 is 6.09 Å². The van der Waals surface area contributed by atoms with Crippen LogP contribution in [0.25, 0.3) is 11.1 Å². The van der Waals surface area contributed by atoms with Gasteiger partial charge in [0, 0.05) is 18.7 Å². The first kappa shape index (κ1) is 19.6. The van der Waals surface area contributed by atoms with Crippen LogP contribution in [-0.2, 0) is 0 Å². The minimum absolute atomic E-state index is 0.0982. The van der Waals surface area contributed by atoms with Gasteiger partial charge in [0.2, 0.25) is 0 Å². The average molecular weight is 395 g/mol. The maximum absolute atomic E-state index is 13.9. The fourth-order valence-corrected chi connectivity index (χ4v) is 3.71. The number of nitrogens with zero attached hydrogens (tertiary/aromatic N) is 2. The molecule has 144 valence electrons. The molecule has 0 aromatic heterocycles. The van der Waals surface area contributed by atoms with Crippen LogP contribution in [0.2, 0.25) is 5.02 Å². The highest BCUT2D eigenvalue weighted by Crippen LogP contribution is 2.35. The Hall–Kier alpha value is -2.18. The number of hydrogen-bond acceptors (Lipinski definition) is 2. The van der Waals surface area contributed by atoms with Gasteiger partial charge in [0.15, 0.2) is 0 Å². The van der Waals surface area contributed by atoms with Gasteiger partial charge in [-0.05, 0) is 61.3 Å². The smallest absolute Gasteiger partial charge is 0.411 e. The number of rotatable bonds is 5. The summed E-state index contributed by atoms with van der Waals surface area (Å²) in [7, 11) is 0. The van der Waals surface area contributed by atoms with Crippen molar-refractivity contribution in [3.63, 3.8) is 0 Å². The second-order valence-electron chi connectivity index (χ2n) is 6.73. The van der Waals surface area contributed by atoms with Gasteiger partial charge in [-0.1, -0.05) is 24.6 Å². The molecular formula is C20H21ClF2N2O2. The van der Waals surface area contributed by atoms with Crippen LogP contribution in [0.1, 0.15) is 13.3 Å². The molecule has 1 fully saturated rings. The summed E-state index contributed by atoms with van der Waals surface area (Å²) in [4.78, 5) is 15.5. The van der Waals surface area contributed by atoms with Crippen LogP contribution in [0.4, 0.5) is 19.3 Å². The number of carbonyl (C=O) groups is 1. The first-order valence-corrected chi connectivity index (χ1v) is 9.24. The summed E-state index contributed by atoms with van der Waals surface area (Å²) in [6, 6.07) is 7.96. The van der Waals surface area contributed by atoms with Crippen molar-refractivity contribution >= 4 is 23.4 Å². The SMILES string of the molecule is CCN1CC[C@@H](CN(C(=O)O)c2ccc(F)cc2-c2ccc(F)c(Cl)c2)C1. The molecule has 1 aliphatic heterocycles. The molecule has 7 heteroatoms. The van der Waals surface area contributed by atoms with Crippen molar-refractivity contribution in [2.75, 3.05) is 31.1 Å². The van der Waals surface area contributed by atoms with Gasteiger partial charge in [0.1, 0.15) is 11.6 Å².